The van der Waals surface area contributed by atoms with Gasteiger partial charge in [-0.15, -0.1) is 0 Å². The van der Waals surface area contributed by atoms with E-state index in [0.29, 0.717) is 0 Å². The smallest absolute Gasteiger partial charge is 0.152 e. The standard InChI is InChI=1S/C7H4Br2N2/c8-5-1-3-11-4-2-10-7(11)6(5)9/h1-4H. The van der Waals surface area contributed by atoms with E-state index in [-0.39, 0.29) is 0 Å². The zero-order valence-corrected chi connectivity index (χ0v) is 8.63. The number of fused-ring (bicyclic) bond motifs is 1. The molecule has 56 valence electrons. The summed E-state index contributed by atoms with van der Waals surface area (Å²) in [5, 5.41) is 0. The van der Waals surface area contributed by atoms with Crippen molar-refractivity contribution in [3.63, 3.8) is 0 Å². The molecule has 0 aliphatic carbocycles. The van der Waals surface area contributed by atoms with E-state index in [0.717, 1.165) is 14.6 Å². The third-order valence-electron chi connectivity index (χ3n) is 1.46. The Kier molecular flexibility index (Phi) is 1.73. The molecule has 4 heteroatoms. The highest BCUT2D eigenvalue weighted by Gasteiger charge is 2.02. The molecule has 2 aromatic heterocycles. The number of pyridine rings is 1. The van der Waals surface area contributed by atoms with Crippen LogP contribution in [0.5, 0.6) is 0 Å². The van der Waals surface area contributed by atoms with E-state index in [1.807, 2.05) is 22.9 Å². The first-order valence-electron chi connectivity index (χ1n) is 3.06. The molecular weight excluding hydrogens is 272 g/mol. The van der Waals surface area contributed by atoms with Crippen LogP contribution >= 0.6 is 31.9 Å². The Bertz CT molecular complexity index is 394. The summed E-state index contributed by atoms with van der Waals surface area (Å²) in [5.74, 6) is 0. The van der Waals surface area contributed by atoms with Gasteiger partial charge in [-0.05, 0) is 37.9 Å². The van der Waals surface area contributed by atoms with Crippen LogP contribution in [0.4, 0.5) is 0 Å². The maximum atomic E-state index is 4.17. The van der Waals surface area contributed by atoms with Crippen molar-refractivity contribution in [2.75, 3.05) is 0 Å². The molecule has 0 atom stereocenters. The zero-order valence-electron chi connectivity index (χ0n) is 5.46. The predicted molar refractivity (Wildman–Crippen MR) is 50.6 cm³/mol. The Morgan fingerprint density at radius 3 is 2.91 bits per heavy atom. The summed E-state index contributed by atoms with van der Waals surface area (Å²) in [6, 6.07) is 1.97. The van der Waals surface area contributed by atoms with Crippen molar-refractivity contribution < 1.29 is 0 Å². The van der Waals surface area contributed by atoms with Gasteiger partial charge in [-0.25, -0.2) is 4.98 Å². The first-order valence-corrected chi connectivity index (χ1v) is 4.64. The van der Waals surface area contributed by atoms with Gasteiger partial charge in [-0.3, -0.25) is 0 Å². The average Bonchev–Trinajstić information content (AvgIpc) is 2.45. The molecule has 0 aliphatic heterocycles. The molecule has 0 aromatic carbocycles. The van der Waals surface area contributed by atoms with Gasteiger partial charge < -0.3 is 4.40 Å². The first kappa shape index (κ1) is 7.31. The number of hydrogen-bond acceptors (Lipinski definition) is 1. The summed E-state index contributed by atoms with van der Waals surface area (Å²) >= 11 is 6.83. The van der Waals surface area contributed by atoms with Crippen molar-refractivity contribution in [2.24, 2.45) is 0 Å². The molecule has 2 nitrogen and oxygen atoms in total. The van der Waals surface area contributed by atoms with Crippen LogP contribution < -0.4 is 0 Å². The largest absolute Gasteiger partial charge is 0.306 e. The fourth-order valence-corrected chi connectivity index (χ4v) is 1.66. The maximum Gasteiger partial charge on any atom is 0.152 e. The second-order valence-corrected chi connectivity index (χ2v) is 3.78. The van der Waals surface area contributed by atoms with E-state index in [1.54, 1.807) is 6.20 Å². The molecule has 0 spiro atoms. The van der Waals surface area contributed by atoms with E-state index < -0.39 is 0 Å². The molecule has 0 fully saturated rings. The van der Waals surface area contributed by atoms with E-state index >= 15 is 0 Å². The number of hydrogen-bond donors (Lipinski definition) is 0. The summed E-state index contributed by atoms with van der Waals surface area (Å²) in [6.07, 6.45) is 5.64. The minimum absolute atomic E-state index is 0.930. The molecule has 0 amide bonds. The van der Waals surface area contributed by atoms with E-state index in [2.05, 4.69) is 36.8 Å². The summed E-state index contributed by atoms with van der Waals surface area (Å²) in [4.78, 5) is 4.17. The highest BCUT2D eigenvalue weighted by Crippen LogP contribution is 2.25. The Morgan fingerprint density at radius 1 is 1.27 bits per heavy atom. The Morgan fingerprint density at radius 2 is 2.09 bits per heavy atom. The summed E-state index contributed by atoms with van der Waals surface area (Å²) in [5.41, 5.74) is 0.930. The predicted octanol–water partition coefficient (Wildman–Crippen LogP) is 2.86. The highest BCUT2D eigenvalue weighted by molar-refractivity contribution is 9.13. The lowest BCUT2D eigenvalue weighted by molar-refractivity contribution is 1.17. The third kappa shape index (κ3) is 1.10. The molecule has 0 unspecified atom stereocenters. The van der Waals surface area contributed by atoms with Gasteiger partial charge in [0.15, 0.2) is 5.65 Å². The summed E-state index contributed by atoms with van der Waals surface area (Å²) in [7, 11) is 0. The normalized spacial score (nSPS) is 10.7. The van der Waals surface area contributed by atoms with Crippen LogP contribution in [0.15, 0.2) is 33.6 Å². The highest BCUT2D eigenvalue weighted by atomic mass is 79.9. The molecule has 0 radical (unpaired) electrons. The number of nitrogens with zero attached hydrogens (tertiary/aromatic N) is 2. The van der Waals surface area contributed by atoms with Gasteiger partial charge in [-0.1, -0.05) is 0 Å². The lowest BCUT2D eigenvalue weighted by Gasteiger charge is -1.97. The summed E-state index contributed by atoms with van der Waals surface area (Å²) in [6.45, 7) is 0. The van der Waals surface area contributed by atoms with E-state index in [4.69, 9.17) is 0 Å². The van der Waals surface area contributed by atoms with Crippen LogP contribution in [0.2, 0.25) is 0 Å². The zero-order chi connectivity index (χ0) is 7.84. The molecule has 2 rings (SSSR count). The van der Waals surface area contributed by atoms with E-state index in [1.165, 1.54) is 0 Å². The van der Waals surface area contributed by atoms with Crippen molar-refractivity contribution in [3.8, 4) is 0 Å². The Hall–Kier alpha value is -0.350. The second kappa shape index (κ2) is 2.60. The lowest BCUT2D eigenvalue weighted by Crippen LogP contribution is -1.83. The van der Waals surface area contributed by atoms with Crippen LogP contribution in [0.3, 0.4) is 0 Å². The van der Waals surface area contributed by atoms with Crippen molar-refractivity contribution in [2.45, 2.75) is 0 Å². The maximum absolute atomic E-state index is 4.17. The molecule has 2 heterocycles. The number of halogens is 2. The van der Waals surface area contributed by atoms with Crippen LogP contribution in [0, 0.1) is 0 Å². The van der Waals surface area contributed by atoms with Gasteiger partial charge >= 0.3 is 0 Å². The number of imidazole rings is 1. The van der Waals surface area contributed by atoms with Gasteiger partial charge in [0.1, 0.15) is 0 Å². The Balaban J connectivity index is 2.93. The van der Waals surface area contributed by atoms with Gasteiger partial charge in [0.05, 0.1) is 4.47 Å². The van der Waals surface area contributed by atoms with Crippen molar-refractivity contribution in [3.05, 3.63) is 33.6 Å². The monoisotopic (exact) mass is 274 g/mol. The Labute approximate surface area is 80.5 Å². The lowest BCUT2D eigenvalue weighted by atomic mass is 10.5. The van der Waals surface area contributed by atoms with E-state index in [9.17, 15) is 0 Å². The minimum atomic E-state index is 0.930. The number of rotatable bonds is 0. The molecule has 2 aromatic rings. The van der Waals surface area contributed by atoms with Gasteiger partial charge in [0, 0.05) is 23.1 Å². The molecule has 0 saturated heterocycles. The third-order valence-corrected chi connectivity index (χ3v) is 3.43. The molecule has 11 heavy (non-hydrogen) atoms. The molecule has 0 N–H and O–H groups in total. The average molecular weight is 276 g/mol. The van der Waals surface area contributed by atoms with Crippen LogP contribution in [0.25, 0.3) is 5.65 Å². The summed E-state index contributed by atoms with van der Waals surface area (Å²) < 4.78 is 3.97. The van der Waals surface area contributed by atoms with Crippen molar-refractivity contribution in [1.82, 2.24) is 9.38 Å². The second-order valence-electron chi connectivity index (χ2n) is 2.14. The van der Waals surface area contributed by atoms with Crippen LogP contribution in [-0.2, 0) is 0 Å². The van der Waals surface area contributed by atoms with Crippen molar-refractivity contribution in [1.29, 1.82) is 0 Å². The molecular formula is C7H4Br2N2. The SMILES string of the molecule is Brc1ccn2ccnc2c1Br. The quantitative estimate of drug-likeness (QED) is 0.723. The first-order chi connectivity index (χ1) is 5.29. The number of aromatic nitrogens is 2. The van der Waals surface area contributed by atoms with Crippen LogP contribution in [-0.4, -0.2) is 9.38 Å². The minimum Gasteiger partial charge on any atom is -0.306 e. The van der Waals surface area contributed by atoms with Crippen LogP contribution in [0.1, 0.15) is 0 Å². The molecule has 0 aliphatic rings. The molecule has 0 saturated carbocycles. The fraction of sp³-hybridized carbons (Fsp3) is 0. The van der Waals surface area contributed by atoms with Gasteiger partial charge in [-0.2, -0.15) is 0 Å². The molecule has 0 bridgehead atoms. The fourth-order valence-electron chi connectivity index (χ4n) is 0.929. The topological polar surface area (TPSA) is 17.3 Å². The van der Waals surface area contributed by atoms with Gasteiger partial charge in [0.2, 0.25) is 0 Å². The van der Waals surface area contributed by atoms with Crippen molar-refractivity contribution >= 4 is 37.5 Å². The van der Waals surface area contributed by atoms with Gasteiger partial charge in [0.25, 0.3) is 0 Å².